The van der Waals surface area contributed by atoms with Gasteiger partial charge in [0.2, 0.25) is 0 Å². The first-order chi connectivity index (χ1) is 13.4. The van der Waals surface area contributed by atoms with Gasteiger partial charge in [0.1, 0.15) is 17.2 Å². The van der Waals surface area contributed by atoms with Crippen molar-refractivity contribution < 1.29 is 31.8 Å². The number of alkyl halides is 3. The molecule has 0 saturated carbocycles. The summed E-state index contributed by atoms with van der Waals surface area (Å²) in [6.07, 6.45) is -4.21. The van der Waals surface area contributed by atoms with Crippen LogP contribution in [0.5, 0.6) is 5.75 Å². The number of pyridine rings is 1. The lowest BCUT2D eigenvalue weighted by atomic mass is 10.1. The van der Waals surface area contributed by atoms with Crippen LogP contribution in [0.15, 0.2) is 30.5 Å². The Bertz CT molecular complexity index is 880. The third-order valence-corrected chi connectivity index (χ3v) is 3.53. The van der Waals surface area contributed by atoms with Gasteiger partial charge in [-0.25, -0.2) is 9.18 Å². The molecule has 0 saturated heterocycles. The first kappa shape index (κ1) is 22.3. The Hall–Kier alpha value is -3.04. The fourth-order valence-electron chi connectivity index (χ4n) is 2.28. The molecule has 1 aromatic heterocycles. The molecule has 0 radical (unpaired) electrons. The standard InChI is InChI=1S/C19H21F4N3O3/c1-18(2,3)29-17(27)25-10-16-14(20)7-11(9-24-16)26-15-6-5-12(28-4)8-13(15)19(21,22)23/h5-9,26H,10H2,1-4H3,(H,25,27). The highest BCUT2D eigenvalue weighted by molar-refractivity contribution is 5.68. The van der Waals surface area contributed by atoms with Crippen LogP contribution in [-0.2, 0) is 17.5 Å². The Kier molecular flexibility index (Phi) is 6.55. The summed E-state index contributed by atoms with van der Waals surface area (Å²) in [5.41, 5.74) is -2.03. The van der Waals surface area contributed by atoms with Gasteiger partial charge in [-0.2, -0.15) is 13.2 Å². The Labute approximate surface area is 165 Å². The molecule has 158 valence electrons. The number of rotatable bonds is 5. The highest BCUT2D eigenvalue weighted by atomic mass is 19.4. The van der Waals surface area contributed by atoms with Gasteiger partial charge < -0.3 is 20.1 Å². The maximum Gasteiger partial charge on any atom is 0.418 e. The second-order valence-electron chi connectivity index (χ2n) is 7.04. The van der Waals surface area contributed by atoms with Gasteiger partial charge >= 0.3 is 12.3 Å². The molecule has 2 aromatic rings. The molecular formula is C19H21F4N3O3. The number of halogens is 4. The van der Waals surface area contributed by atoms with E-state index in [0.29, 0.717) is 0 Å². The van der Waals surface area contributed by atoms with E-state index in [1.807, 2.05) is 0 Å². The van der Waals surface area contributed by atoms with E-state index in [9.17, 15) is 22.4 Å². The van der Waals surface area contributed by atoms with Gasteiger partial charge in [0.25, 0.3) is 0 Å². The minimum absolute atomic E-state index is 0.0131. The minimum atomic E-state index is -4.64. The number of hydrogen-bond donors (Lipinski definition) is 2. The lowest BCUT2D eigenvalue weighted by Crippen LogP contribution is -2.32. The number of anilines is 2. The van der Waals surface area contributed by atoms with Gasteiger partial charge in [0.05, 0.1) is 42.5 Å². The molecule has 29 heavy (non-hydrogen) atoms. The summed E-state index contributed by atoms with van der Waals surface area (Å²) in [4.78, 5) is 15.5. The van der Waals surface area contributed by atoms with Crippen LogP contribution in [0, 0.1) is 5.82 Å². The molecule has 0 atom stereocenters. The molecule has 1 heterocycles. The highest BCUT2D eigenvalue weighted by Crippen LogP contribution is 2.38. The summed E-state index contributed by atoms with van der Waals surface area (Å²) in [7, 11) is 1.26. The molecule has 0 unspecified atom stereocenters. The van der Waals surface area contributed by atoms with E-state index >= 15 is 0 Å². The summed E-state index contributed by atoms with van der Waals surface area (Å²) >= 11 is 0. The zero-order valence-corrected chi connectivity index (χ0v) is 16.3. The maximum absolute atomic E-state index is 14.3. The van der Waals surface area contributed by atoms with Gasteiger partial charge in [-0.05, 0) is 39.0 Å². The molecule has 1 amide bonds. The van der Waals surface area contributed by atoms with Crippen LogP contribution in [0.4, 0.5) is 33.7 Å². The molecule has 0 aliphatic heterocycles. The van der Waals surface area contributed by atoms with E-state index in [1.54, 1.807) is 20.8 Å². The number of methoxy groups -OCH3 is 1. The van der Waals surface area contributed by atoms with Crippen molar-refractivity contribution in [1.82, 2.24) is 10.3 Å². The summed E-state index contributed by atoms with van der Waals surface area (Å²) in [6, 6.07) is 4.35. The molecule has 2 rings (SSSR count). The molecule has 1 aromatic carbocycles. The van der Waals surface area contributed by atoms with Crippen LogP contribution >= 0.6 is 0 Å². The van der Waals surface area contributed by atoms with Crippen molar-refractivity contribution in [3.05, 3.63) is 47.5 Å². The topological polar surface area (TPSA) is 72.5 Å². The molecule has 0 spiro atoms. The first-order valence-corrected chi connectivity index (χ1v) is 8.52. The molecule has 6 nitrogen and oxygen atoms in total. The quantitative estimate of drug-likeness (QED) is 0.672. The largest absolute Gasteiger partial charge is 0.497 e. The average molecular weight is 415 g/mol. The van der Waals surface area contributed by atoms with Gasteiger partial charge in [0.15, 0.2) is 0 Å². The van der Waals surface area contributed by atoms with Crippen molar-refractivity contribution >= 4 is 17.5 Å². The predicted octanol–water partition coefficient (Wildman–Crippen LogP) is 5.02. The van der Waals surface area contributed by atoms with Gasteiger partial charge in [0, 0.05) is 6.07 Å². The molecule has 10 heteroatoms. The maximum atomic E-state index is 14.3. The third-order valence-electron chi connectivity index (χ3n) is 3.53. The average Bonchev–Trinajstić information content (AvgIpc) is 2.59. The fraction of sp³-hybridized carbons (Fsp3) is 0.368. The van der Waals surface area contributed by atoms with E-state index < -0.39 is 29.3 Å². The number of ether oxygens (including phenoxy) is 2. The molecule has 0 fully saturated rings. The minimum Gasteiger partial charge on any atom is -0.497 e. The number of amides is 1. The number of aromatic nitrogens is 1. The fourth-order valence-corrected chi connectivity index (χ4v) is 2.28. The van der Waals surface area contributed by atoms with Crippen LogP contribution in [0.25, 0.3) is 0 Å². The highest BCUT2D eigenvalue weighted by Gasteiger charge is 2.34. The second kappa shape index (κ2) is 8.54. The lowest BCUT2D eigenvalue weighted by Gasteiger charge is -2.19. The monoisotopic (exact) mass is 415 g/mol. The number of carbonyl (C=O) groups excluding carboxylic acids is 1. The van der Waals surface area contributed by atoms with Crippen LogP contribution in [0.1, 0.15) is 32.0 Å². The number of carbonyl (C=O) groups is 1. The van der Waals surface area contributed by atoms with E-state index in [4.69, 9.17) is 9.47 Å². The van der Waals surface area contributed by atoms with E-state index in [0.717, 1.165) is 12.1 Å². The Morgan fingerprint density at radius 2 is 1.86 bits per heavy atom. The van der Waals surface area contributed by atoms with Crippen molar-refractivity contribution in [3.63, 3.8) is 0 Å². The second-order valence-corrected chi connectivity index (χ2v) is 7.04. The lowest BCUT2D eigenvalue weighted by molar-refractivity contribution is -0.137. The molecule has 2 N–H and O–H groups in total. The van der Waals surface area contributed by atoms with Crippen molar-refractivity contribution in [2.45, 2.75) is 39.1 Å². The Morgan fingerprint density at radius 1 is 1.17 bits per heavy atom. The van der Waals surface area contributed by atoms with Crippen LogP contribution in [0.3, 0.4) is 0 Å². The summed E-state index contributed by atoms with van der Waals surface area (Å²) in [6.45, 7) is 4.80. The van der Waals surface area contributed by atoms with E-state index in [1.165, 1.54) is 25.4 Å². The zero-order valence-electron chi connectivity index (χ0n) is 16.3. The number of alkyl carbamates (subject to hydrolysis) is 1. The summed E-state index contributed by atoms with van der Waals surface area (Å²) < 4.78 is 63.9. The van der Waals surface area contributed by atoms with Crippen LogP contribution < -0.4 is 15.4 Å². The molecular weight excluding hydrogens is 394 g/mol. The van der Waals surface area contributed by atoms with Crippen molar-refractivity contribution in [2.24, 2.45) is 0 Å². The predicted molar refractivity (Wildman–Crippen MR) is 98.5 cm³/mol. The number of benzene rings is 1. The molecule has 0 bridgehead atoms. The SMILES string of the molecule is COc1ccc(Nc2cnc(CNC(=O)OC(C)(C)C)c(F)c2)c(C(F)(F)F)c1. The zero-order chi connectivity index (χ0) is 21.8. The Balaban J connectivity index is 2.14. The molecule has 0 aliphatic carbocycles. The van der Waals surface area contributed by atoms with E-state index in [-0.39, 0.29) is 29.4 Å². The van der Waals surface area contributed by atoms with Crippen LogP contribution in [-0.4, -0.2) is 23.8 Å². The summed E-state index contributed by atoms with van der Waals surface area (Å²) in [5, 5.41) is 4.86. The summed E-state index contributed by atoms with van der Waals surface area (Å²) in [5.74, 6) is -0.760. The van der Waals surface area contributed by atoms with Gasteiger partial charge in [-0.15, -0.1) is 0 Å². The number of hydrogen-bond acceptors (Lipinski definition) is 5. The van der Waals surface area contributed by atoms with Crippen molar-refractivity contribution in [2.75, 3.05) is 12.4 Å². The van der Waals surface area contributed by atoms with Crippen molar-refractivity contribution in [1.29, 1.82) is 0 Å². The first-order valence-electron chi connectivity index (χ1n) is 8.52. The van der Waals surface area contributed by atoms with Gasteiger partial charge in [-0.3, -0.25) is 4.98 Å². The number of nitrogens with one attached hydrogen (secondary N) is 2. The number of nitrogens with zero attached hydrogens (tertiary/aromatic N) is 1. The van der Waals surface area contributed by atoms with Crippen molar-refractivity contribution in [3.8, 4) is 5.75 Å². The van der Waals surface area contributed by atoms with Crippen LogP contribution in [0.2, 0.25) is 0 Å². The normalized spacial score (nSPS) is 11.7. The third kappa shape index (κ3) is 6.51. The Morgan fingerprint density at radius 3 is 2.41 bits per heavy atom. The van der Waals surface area contributed by atoms with Gasteiger partial charge in [-0.1, -0.05) is 0 Å². The van der Waals surface area contributed by atoms with E-state index in [2.05, 4.69) is 15.6 Å². The smallest absolute Gasteiger partial charge is 0.418 e. The molecule has 0 aliphatic rings.